The molecule has 0 bridgehead atoms. The summed E-state index contributed by atoms with van der Waals surface area (Å²) in [4.78, 5) is 14.8. The molecule has 0 atom stereocenters. The summed E-state index contributed by atoms with van der Waals surface area (Å²) in [6, 6.07) is 3.09. The summed E-state index contributed by atoms with van der Waals surface area (Å²) in [6.45, 7) is 0. The van der Waals surface area contributed by atoms with Gasteiger partial charge >= 0.3 is 5.97 Å². The van der Waals surface area contributed by atoms with Crippen molar-refractivity contribution >= 4 is 44.0 Å². The summed E-state index contributed by atoms with van der Waals surface area (Å²) in [5.41, 5.74) is 0. The van der Waals surface area contributed by atoms with Crippen LogP contribution in [0.1, 0.15) is 10.6 Å². The van der Waals surface area contributed by atoms with Gasteiger partial charge in [0, 0.05) is 11.5 Å². The number of anilines is 1. The van der Waals surface area contributed by atoms with Gasteiger partial charge in [-0.1, -0.05) is 6.07 Å². The molecule has 0 radical (unpaired) electrons. The Morgan fingerprint density at radius 1 is 1.50 bits per heavy atom. The highest BCUT2D eigenvalue weighted by Gasteiger charge is 2.19. The van der Waals surface area contributed by atoms with Crippen LogP contribution in [-0.4, -0.2) is 30.9 Å². The molecule has 2 heterocycles. The van der Waals surface area contributed by atoms with E-state index in [9.17, 15) is 13.2 Å². The van der Waals surface area contributed by atoms with E-state index in [1.54, 1.807) is 11.4 Å². The fourth-order valence-electron chi connectivity index (χ4n) is 1.02. The van der Waals surface area contributed by atoms with Gasteiger partial charge in [-0.3, -0.25) is 4.72 Å². The zero-order valence-electron chi connectivity index (χ0n) is 8.98. The molecule has 0 saturated heterocycles. The number of rotatable bonds is 4. The van der Waals surface area contributed by atoms with E-state index in [1.165, 1.54) is 13.2 Å². The number of carbonyl (C=O) groups is 1. The van der Waals surface area contributed by atoms with Crippen LogP contribution in [0, 0.1) is 0 Å². The molecule has 10 heteroatoms. The van der Waals surface area contributed by atoms with E-state index in [4.69, 9.17) is 0 Å². The second-order valence-corrected chi connectivity index (χ2v) is 6.56. The molecule has 1 N–H and O–H groups in total. The van der Waals surface area contributed by atoms with Crippen molar-refractivity contribution in [1.82, 2.24) is 9.36 Å². The fourth-order valence-corrected chi connectivity index (χ4v) is 3.80. The normalized spacial score (nSPS) is 11.2. The summed E-state index contributed by atoms with van der Waals surface area (Å²) in [6.07, 6.45) is 0. The monoisotopic (exact) mass is 305 g/mol. The van der Waals surface area contributed by atoms with Crippen molar-refractivity contribution in [1.29, 1.82) is 0 Å². The third-order valence-corrected chi connectivity index (χ3v) is 5.27. The van der Waals surface area contributed by atoms with Gasteiger partial charge < -0.3 is 4.74 Å². The highest BCUT2D eigenvalue weighted by molar-refractivity contribution is 7.94. The number of sulfonamides is 1. The number of thiophene rings is 1. The molecule has 0 saturated carbocycles. The maximum absolute atomic E-state index is 11.8. The van der Waals surface area contributed by atoms with Gasteiger partial charge in [-0.25, -0.2) is 13.2 Å². The Kier molecular flexibility index (Phi) is 3.59. The van der Waals surface area contributed by atoms with E-state index < -0.39 is 16.0 Å². The molecule has 0 amide bonds. The van der Waals surface area contributed by atoms with Crippen molar-refractivity contribution in [2.75, 3.05) is 11.8 Å². The van der Waals surface area contributed by atoms with Gasteiger partial charge in [0.05, 0.1) is 7.11 Å². The van der Waals surface area contributed by atoms with E-state index >= 15 is 0 Å². The van der Waals surface area contributed by atoms with Crippen molar-refractivity contribution in [3.05, 3.63) is 23.3 Å². The van der Waals surface area contributed by atoms with Gasteiger partial charge in [0.25, 0.3) is 15.8 Å². The molecule has 0 fully saturated rings. The van der Waals surface area contributed by atoms with Crippen LogP contribution >= 0.6 is 22.9 Å². The first-order valence-electron chi connectivity index (χ1n) is 4.51. The number of ether oxygens (including phenoxy) is 1. The van der Waals surface area contributed by atoms with Crippen LogP contribution in [0.2, 0.25) is 0 Å². The van der Waals surface area contributed by atoms with Crippen molar-refractivity contribution in [2.45, 2.75) is 4.21 Å². The number of nitrogens with one attached hydrogen (secondary N) is 1. The standard InChI is InChI=1S/C8H7N3O4S3/c1-15-7(12)6-9-8(17-10-6)11-18(13,14)5-3-2-4-16-5/h2-4H,1H3,(H,9,10,11). The Balaban J connectivity index is 2.20. The Bertz CT molecular complexity index is 647. The minimum absolute atomic E-state index is 0.0174. The molecule has 18 heavy (non-hydrogen) atoms. The van der Waals surface area contributed by atoms with Crippen LogP contribution in [0.5, 0.6) is 0 Å². The maximum atomic E-state index is 11.8. The van der Waals surface area contributed by atoms with Crippen molar-refractivity contribution in [2.24, 2.45) is 0 Å². The zero-order valence-corrected chi connectivity index (χ0v) is 11.4. The SMILES string of the molecule is COC(=O)c1nsc(NS(=O)(=O)c2cccs2)n1. The Labute approximate surface area is 111 Å². The summed E-state index contributed by atoms with van der Waals surface area (Å²) in [7, 11) is -2.47. The number of esters is 1. The van der Waals surface area contributed by atoms with Crippen LogP contribution in [0.15, 0.2) is 21.7 Å². The molecule has 0 aliphatic rings. The van der Waals surface area contributed by atoms with Crippen molar-refractivity contribution in [3.8, 4) is 0 Å². The molecule has 2 rings (SSSR count). The minimum atomic E-state index is -3.66. The number of carbonyl (C=O) groups excluding carboxylic acids is 1. The highest BCUT2D eigenvalue weighted by atomic mass is 32.2. The van der Waals surface area contributed by atoms with E-state index in [0.717, 1.165) is 22.9 Å². The topological polar surface area (TPSA) is 98.2 Å². The third-order valence-electron chi connectivity index (χ3n) is 1.78. The molecule has 7 nitrogen and oxygen atoms in total. The van der Waals surface area contributed by atoms with Gasteiger partial charge in [-0.2, -0.15) is 9.36 Å². The lowest BCUT2D eigenvalue weighted by atomic mass is 10.6. The van der Waals surface area contributed by atoms with E-state index in [2.05, 4.69) is 18.8 Å². The van der Waals surface area contributed by atoms with Gasteiger partial charge in [-0.05, 0) is 11.4 Å². The zero-order chi connectivity index (χ0) is 13.2. The Morgan fingerprint density at radius 3 is 2.89 bits per heavy atom. The number of methoxy groups -OCH3 is 1. The lowest BCUT2D eigenvalue weighted by Gasteiger charge is -2.00. The third kappa shape index (κ3) is 2.66. The number of hydrogen-bond donors (Lipinski definition) is 1. The Morgan fingerprint density at radius 2 is 2.28 bits per heavy atom. The summed E-state index contributed by atoms with van der Waals surface area (Å²) in [5, 5.41) is 1.66. The first-order chi connectivity index (χ1) is 8.53. The highest BCUT2D eigenvalue weighted by Crippen LogP contribution is 2.21. The van der Waals surface area contributed by atoms with E-state index in [0.29, 0.717) is 0 Å². The van der Waals surface area contributed by atoms with Crippen LogP contribution < -0.4 is 4.72 Å². The number of nitrogens with zero attached hydrogens (tertiary/aromatic N) is 2. The van der Waals surface area contributed by atoms with Gasteiger partial charge in [0.1, 0.15) is 4.21 Å². The molecule has 0 aromatic carbocycles. The molecular weight excluding hydrogens is 298 g/mol. The second kappa shape index (κ2) is 5.00. The van der Waals surface area contributed by atoms with Crippen LogP contribution in [-0.2, 0) is 14.8 Å². The largest absolute Gasteiger partial charge is 0.463 e. The molecule has 2 aromatic rings. The predicted octanol–water partition coefficient (Wildman–Crippen LogP) is 1.19. The second-order valence-electron chi connectivity index (χ2n) is 2.95. The fraction of sp³-hybridized carbons (Fsp3) is 0.125. The minimum Gasteiger partial charge on any atom is -0.463 e. The molecule has 0 unspecified atom stereocenters. The lowest BCUT2D eigenvalue weighted by molar-refractivity contribution is 0.0588. The van der Waals surface area contributed by atoms with Gasteiger partial charge in [0.15, 0.2) is 0 Å². The first-order valence-corrected chi connectivity index (χ1v) is 7.65. The molecule has 0 aliphatic heterocycles. The Hall–Kier alpha value is -1.52. The van der Waals surface area contributed by atoms with E-state index in [-0.39, 0.29) is 15.2 Å². The number of aromatic nitrogens is 2. The smallest absolute Gasteiger partial charge is 0.377 e. The summed E-state index contributed by atoms with van der Waals surface area (Å²) < 4.78 is 34.2. The molecule has 96 valence electrons. The molecule has 2 aromatic heterocycles. The van der Waals surface area contributed by atoms with Gasteiger partial charge in [0.2, 0.25) is 5.13 Å². The van der Waals surface area contributed by atoms with Crippen molar-refractivity contribution in [3.63, 3.8) is 0 Å². The molecule has 0 spiro atoms. The van der Waals surface area contributed by atoms with E-state index in [1.807, 2.05) is 0 Å². The quantitative estimate of drug-likeness (QED) is 0.852. The van der Waals surface area contributed by atoms with Crippen LogP contribution in [0.25, 0.3) is 0 Å². The summed E-state index contributed by atoms with van der Waals surface area (Å²) in [5.74, 6) is -0.890. The van der Waals surface area contributed by atoms with Crippen molar-refractivity contribution < 1.29 is 17.9 Å². The predicted molar refractivity (Wildman–Crippen MR) is 66.4 cm³/mol. The number of hydrogen-bond acceptors (Lipinski definition) is 8. The lowest BCUT2D eigenvalue weighted by Crippen LogP contribution is -2.11. The van der Waals surface area contributed by atoms with Crippen LogP contribution in [0.4, 0.5) is 5.13 Å². The average Bonchev–Trinajstić information content (AvgIpc) is 2.97. The van der Waals surface area contributed by atoms with Crippen LogP contribution in [0.3, 0.4) is 0 Å². The maximum Gasteiger partial charge on any atom is 0.377 e. The molecule has 0 aliphatic carbocycles. The molecular formula is C8H7N3O4S3. The first kappa shape index (κ1) is 12.9. The summed E-state index contributed by atoms with van der Waals surface area (Å²) >= 11 is 1.85. The average molecular weight is 305 g/mol. The van der Waals surface area contributed by atoms with Gasteiger partial charge in [-0.15, -0.1) is 11.3 Å².